The molecule has 1 saturated heterocycles. The topological polar surface area (TPSA) is 88.4 Å². The number of aliphatic hydroxyl groups excluding tert-OH is 2. The maximum absolute atomic E-state index is 10.5. The fourth-order valence-corrected chi connectivity index (χ4v) is 1.74. The molecular weight excluding hydrogens is 264 g/mol. The molecular formula is C14H28O6. The van der Waals surface area contributed by atoms with Crippen LogP contribution in [0.3, 0.4) is 0 Å². The van der Waals surface area contributed by atoms with Gasteiger partial charge in [-0.2, -0.15) is 0 Å². The van der Waals surface area contributed by atoms with E-state index in [0.29, 0.717) is 6.61 Å². The summed E-state index contributed by atoms with van der Waals surface area (Å²) >= 11 is 0. The fraction of sp³-hybridized carbons (Fsp3) is 1.00. The zero-order valence-corrected chi connectivity index (χ0v) is 13.0. The summed E-state index contributed by atoms with van der Waals surface area (Å²) in [4.78, 5) is 0. The maximum atomic E-state index is 10.5. The number of hydrogen-bond acceptors (Lipinski definition) is 6. The average molecular weight is 292 g/mol. The number of hydrogen-bond donors (Lipinski definition) is 3. The Bertz CT molecular complexity index is 299. The Morgan fingerprint density at radius 3 is 2.40 bits per heavy atom. The minimum atomic E-state index is -1.12. The van der Waals surface area contributed by atoms with E-state index < -0.39 is 18.0 Å². The van der Waals surface area contributed by atoms with Gasteiger partial charge in [-0.1, -0.05) is 20.8 Å². The molecule has 6 nitrogen and oxygen atoms in total. The predicted molar refractivity (Wildman–Crippen MR) is 73.2 cm³/mol. The molecule has 1 rings (SSSR count). The van der Waals surface area contributed by atoms with Gasteiger partial charge in [0.2, 0.25) is 0 Å². The van der Waals surface area contributed by atoms with E-state index in [1.54, 1.807) is 6.92 Å². The molecule has 0 aromatic heterocycles. The smallest absolute Gasteiger partial charge is 0.187 e. The fourth-order valence-electron chi connectivity index (χ4n) is 1.74. The summed E-state index contributed by atoms with van der Waals surface area (Å²) in [5.41, 5.74) is -1.50. The molecule has 0 aromatic carbocycles. The van der Waals surface area contributed by atoms with Crippen molar-refractivity contribution in [2.24, 2.45) is 5.41 Å². The third kappa shape index (κ3) is 4.13. The molecule has 0 bridgehead atoms. The largest absolute Gasteiger partial charge is 0.394 e. The van der Waals surface area contributed by atoms with E-state index in [1.165, 1.54) is 0 Å². The monoisotopic (exact) mass is 292 g/mol. The van der Waals surface area contributed by atoms with E-state index in [2.05, 4.69) is 0 Å². The molecule has 1 aliphatic heterocycles. The molecule has 0 aliphatic carbocycles. The molecule has 0 radical (unpaired) electrons. The van der Waals surface area contributed by atoms with Crippen LogP contribution in [-0.4, -0.2) is 65.3 Å². The molecule has 0 aromatic rings. The van der Waals surface area contributed by atoms with Crippen LogP contribution in [0.15, 0.2) is 0 Å². The molecule has 4 unspecified atom stereocenters. The van der Waals surface area contributed by atoms with E-state index in [1.807, 2.05) is 27.7 Å². The van der Waals surface area contributed by atoms with Gasteiger partial charge in [0.25, 0.3) is 0 Å². The van der Waals surface area contributed by atoms with Gasteiger partial charge in [0.1, 0.15) is 17.8 Å². The van der Waals surface area contributed by atoms with Gasteiger partial charge in [-0.25, -0.2) is 0 Å². The first-order chi connectivity index (χ1) is 9.09. The average Bonchev–Trinajstić information content (AvgIpc) is 2.84. The highest BCUT2D eigenvalue weighted by molar-refractivity contribution is 4.92. The molecule has 0 spiro atoms. The number of ether oxygens (including phenoxy) is 3. The minimum Gasteiger partial charge on any atom is -0.394 e. The molecule has 1 fully saturated rings. The molecule has 5 atom stereocenters. The van der Waals surface area contributed by atoms with Crippen LogP contribution in [-0.2, 0) is 14.2 Å². The standard InChI is InChI=1S/C14H28O6/c1-9(18-7-10(16)6-15)11-8-19-12(20-11)14(5,17)13(2,3)4/h9-12,15-17H,6-8H2,1-5H3/t9?,10-,11?,12?,14?/m0/s1. The number of aliphatic hydroxyl groups is 3. The Labute approximate surface area is 120 Å². The van der Waals surface area contributed by atoms with Gasteiger partial charge in [-0.15, -0.1) is 0 Å². The van der Waals surface area contributed by atoms with Crippen LogP contribution >= 0.6 is 0 Å². The van der Waals surface area contributed by atoms with Crippen molar-refractivity contribution in [2.75, 3.05) is 19.8 Å². The number of rotatable bonds is 6. The highest BCUT2D eigenvalue weighted by atomic mass is 16.7. The van der Waals surface area contributed by atoms with E-state index in [-0.39, 0.29) is 30.8 Å². The lowest BCUT2D eigenvalue weighted by Gasteiger charge is -2.40. The highest BCUT2D eigenvalue weighted by Crippen LogP contribution is 2.37. The SMILES string of the molecule is CC(OC[C@@H](O)CO)C1COC(C(C)(O)C(C)(C)C)O1. The molecule has 6 heteroatoms. The van der Waals surface area contributed by atoms with Crippen LogP contribution in [0.4, 0.5) is 0 Å². The third-order valence-corrected chi connectivity index (χ3v) is 3.97. The zero-order chi connectivity index (χ0) is 15.6. The summed E-state index contributed by atoms with van der Waals surface area (Å²) in [6, 6.07) is 0. The van der Waals surface area contributed by atoms with Crippen LogP contribution in [0.25, 0.3) is 0 Å². The Morgan fingerprint density at radius 1 is 1.30 bits per heavy atom. The Hall–Kier alpha value is -0.240. The van der Waals surface area contributed by atoms with Crippen LogP contribution in [0.2, 0.25) is 0 Å². The van der Waals surface area contributed by atoms with E-state index in [0.717, 1.165) is 0 Å². The Kier molecular flexibility index (Phi) is 5.95. The first-order valence-electron chi connectivity index (χ1n) is 6.99. The predicted octanol–water partition coefficient (Wildman–Crippen LogP) is 0.283. The molecule has 1 aliphatic rings. The first-order valence-corrected chi connectivity index (χ1v) is 6.99. The molecule has 0 saturated carbocycles. The van der Waals surface area contributed by atoms with Crippen LogP contribution in [0.5, 0.6) is 0 Å². The summed E-state index contributed by atoms with van der Waals surface area (Å²) < 4.78 is 16.7. The second kappa shape index (κ2) is 6.68. The molecule has 1 heterocycles. The molecule has 3 N–H and O–H groups in total. The quantitative estimate of drug-likeness (QED) is 0.652. The van der Waals surface area contributed by atoms with Gasteiger partial charge < -0.3 is 29.5 Å². The summed E-state index contributed by atoms with van der Waals surface area (Å²) in [6.07, 6.45) is -2.20. The second-order valence-electron chi connectivity index (χ2n) is 6.61. The van der Waals surface area contributed by atoms with Crippen molar-refractivity contribution in [1.82, 2.24) is 0 Å². The summed E-state index contributed by atoms with van der Waals surface area (Å²) in [5, 5.41) is 28.5. The lowest BCUT2D eigenvalue weighted by Crippen LogP contribution is -2.51. The van der Waals surface area contributed by atoms with Crippen molar-refractivity contribution in [3.63, 3.8) is 0 Å². The van der Waals surface area contributed by atoms with E-state index >= 15 is 0 Å². The minimum absolute atomic E-state index is 0.0395. The lowest BCUT2D eigenvalue weighted by atomic mass is 9.77. The molecule has 20 heavy (non-hydrogen) atoms. The summed E-state index contributed by atoms with van der Waals surface area (Å²) in [7, 11) is 0. The van der Waals surface area contributed by atoms with Crippen LogP contribution < -0.4 is 0 Å². The van der Waals surface area contributed by atoms with Crippen molar-refractivity contribution < 1.29 is 29.5 Å². The summed E-state index contributed by atoms with van der Waals surface area (Å²) in [5.74, 6) is 0. The van der Waals surface area contributed by atoms with Crippen molar-refractivity contribution in [3.05, 3.63) is 0 Å². The van der Waals surface area contributed by atoms with Crippen molar-refractivity contribution in [1.29, 1.82) is 0 Å². The first kappa shape index (κ1) is 17.8. The van der Waals surface area contributed by atoms with E-state index in [4.69, 9.17) is 19.3 Å². The second-order valence-corrected chi connectivity index (χ2v) is 6.61. The zero-order valence-electron chi connectivity index (χ0n) is 13.0. The highest BCUT2D eigenvalue weighted by Gasteiger charge is 2.48. The van der Waals surface area contributed by atoms with Gasteiger partial charge in [0, 0.05) is 0 Å². The van der Waals surface area contributed by atoms with Gasteiger partial charge in [0.15, 0.2) is 6.29 Å². The van der Waals surface area contributed by atoms with E-state index in [9.17, 15) is 10.2 Å². The maximum Gasteiger partial charge on any atom is 0.187 e. The molecule has 0 amide bonds. The summed E-state index contributed by atoms with van der Waals surface area (Å²) in [6.45, 7) is 9.30. The van der Waals surface area contributed by atoms with Crippen LogP contribution in [0.1, 0.15) is 34.6 Å². The van der Waals surface area contributed by atoms with Crippen LogP contribution in [0, 0.1) is 5.41 Å². The van der Waals surface area contributed by atoms with Gasteiger partial charge >= 0.3 is 0 Å². The third-order valence-electron chi connectivity index (χ3n) is 3.97. The van der Waals surface area contributed by atoms with Crippen molar-refractivity contribution in [2.45, 2.75) is 64.8 Å². The van der Waals surface area contributed by atoms with Gasteiger partial charge in [-0.3, -0.25) is 0 Å². The Balaban J connectivity index is 2.51. The van der Waals surface area contributed by atoms with Crippen molar-refractivity contribution in [3.8, 4) is 0 Å². The Morgan fingerprint density at radius 2 is 1.90 bits per heavy atom. The normalized spacial score (nSPS) is 30.0. The van der Waals surface area contributed by atoms with Crippen molar-refractivity contribution >= 4 is 0 Å². The van der Waals surface area contributed by atoms with Gasteiger partial charge in [0.05, 0.1) is 25.9 Å². The lowest BCUT2D eigenvalue weighted by molar-refractivity contribution is -0.225. The molecule has 120 valence electrons. The van der Waals surface area contributed by atoms with Gasteiger partial charge in [-0.05, 0) is 19.3 Å².